The molecule has 1 aromatic heterocycles. The summed E-state index contributed by atoms with van der Waals surface area (Å²) in [5.74, 6) is -0.206. The van der Waals surface area contributed by atoms with E-state index in [1.54, 1.807) is 6.92 Å². The van der Waals surface area contributed by atoms with Crippen LogP contribution in [0.4, 0.5) is 0 Å². The Kier molecular flexibility index (Phi) is 7.25. The van der Waals surface area contributed by atoms with E-state index in [2.05, 4.69) is 10.3 Å². The summed E-state index contributed by atoms with van der Waals surface area (Å²) in [5, 5.41) is 10.8. The van der Waals surface area contributed by atoms with Gasteiger partial charge in [0.05, 0.1) is 16.3 Å². The molecule has 0 aliphatic rings. The third-order valence-corrected chi connectivity index (χ3v) is 4.98. The van der Waals surface area contributed by atoms with Gasteiger partial charge in [0, 0.05) is 12.1 Å². The van der Waals surface area contributed by atoms with Crippen molar-refractivity contribution in [2.75, 3.05) is 0 Å². The Hall–Kier alpha value is -2.08. The predicted molar refractivity (Wildman–Crippen MR) is 103 cm³/mol. The number of carbonyl (C=O) groups is 2. The Labute approximate surface area is 152 Å². The first kappa shape index (κ1) is 19.2. The highest BCUT2D eigenvalue weighted by Crippen LogP contribution is 2.23. The molecule has 1 heterocycles. The lowest BCUT2D eigenvalue weighted by molar-refractivity contribution is -0.121. The summed E-state index contributed by atoms with van der Waals surface area (Å²) in [6.45, 7) is 3.73. The Bertz CT molecular complexity index is 721. The highest BCUT2D eigenvalue weighted by atomic mass is 32.1. The second-order valence-electron chi connectivity index (χ2n) is 6.25. The number of amides is 1. The van der Waals surface area contributed by atoms with Gasteiger partial charge in [-0.25, -0.2) is 4.98 Å². The average molecular weight is 359 g/mol. The topological polar surface area (TPSA) is 82.9 Å². The van der Waals surface area contributed by atoms with Gasteiger partial charge in [-0.3, -0.25) is 9.59 Å². The summed E-state index contributed by atoms with van der Waals surface area (Å²) in [4.78, 5) is 29.3. The van der Waals surface area contributed by atoms with Gasteiger partial charge in [-0.05, 0) is 44.7 Å². The highest BCUT2D eigenvalue weighted by molar-refractivity contribution is 7.20. The molecule has 134 valence electrons. The van der Waals surface area contributed by atoms with Gasteiger partial charge in [-0.1, -0.05) is 25.5 Å². The molecule has 0 bridgehead atoms. The van der Waals surface area contributed by atoms with E-state index >= 15 is 0 Å². The molecule has 0 radical (unpaired) electrons. The number of para-hydroxylation sites is 1. The largest absolute Gasteiger partial charge is 0.346 e. The van der Waals surface area contributed by atoms with E-state index in [9.17, 15) is 9.59 Å². The van der Waals surface area contributed by atoms with Gasteiger partial charge in [0.25, 0.3) is 0 Å². The van der Waals surface area contributed by atoms with Crippen LogP contribution in [0.1, 0.15) is 62.2 Å². The number of hydrogen-bond donors (Lipinski definition) is 2. The number of unbranched alkanes of at least 4 members (excludes halogenated alkanes) is 1. The summed E-state index contributed by atoms with van der Waals surface area (Å²) in [6.07, 6.45) is 4.12. The van der Waals surface area contributed by atoms with Gasteiger partial charge in [0.2, 0.25) is 11.7 Å². The van der Waals surface area contributed by atoms with Gasteiger partial charge in [0.15, 0.2) is 5.01 Å². The van der Waals surface area contributed by atoms with Crippen LogP contribution in [0.2, 0.25) is 0 Å². The zero-order valence-electron chi connectivity index (χ0n) is 14.8. The zero-order valence-corrected chi connectivity index (χ0v) is 15.6. The maximum atomic E-state index is 12.9. The van der Waals surface area contributed by atoms with E-state index in [0.29, 0.717) is 23.6 Å². The molecule has 0 aliphatic carbocycles. The smallest absolute Gasteiger partial charge is 0.220 e. The number of nitrogens with zero attached hydrogens (tertiary/aromatic N) is 1. The van der Waals surface area contributed by atoms with Crippen molar-refractivity contribution < 1.29 is 9.59 Å². The summed E-state index contributed by atoms with van der Waals surface area (Å²) in [6, 6.07) is 7.12. The normalized spacial score (nSPS) is 12.1. The number of ketones is 1. The molecule has 0 fully saturated rings. The minimum atomic E-state index is -0.536. The zero-order chi connectivity index (χ0) is 18.2. The maximum absolute atomic E-state index is 12.9. The van der Waals surface area contributed by atoms with Crippen molar-refractivity contribution in [2.24, 2.45) is 0 Å². The lowest BCUT2D eigenvalue weighted by Gasteiger charge is -2.16. The first-order chi connectivity index (χ1) is 12.0. The Balaban J connectivity index is 2.09. The fourth-order valence-corrected chi connectivity index (χ4v) is 3.59. The molecule has 0 saturated heterocycles. The van der Waals surface area contributed by atoms with Crippen LogP contribution in [0, 0.1) is 5.41 Å². The van der Waals surface area contributed by atoms with Crippen molar-refractivity contribution in [2.45, 2.75) is 58.4 Å². The molecule has 0 spiro atoms. The number of nitrogens with one attached hydrogen (secondary N) is 2. The van der Waals surface area contributed by atoms with Crippen LogP contribution >= 0.6 is 11.3 Å². The van der Waals surface area contributed by atoms with Crippen molar-refractivity contribution in [1.82, 2.24) is 10.3 Å². The Morgan fingerprint density at radius 1 is 1.24 bits per heavy atom. The molecule has 5 nitrogen and oxygen atoms in total. The van der Waals surface area contributed by atoms with Crippen molar-refractivity contribution in [1.29, 1.82) is 5.41 Å². The number of fused-ring (bicyclic) bond motifs is 1. The van der Waals surface area contributed by atoms with Crippen LogP contribution < -0.4 is 5.32 Å². The standard InChI is InChI=1S/C19H25N3O2S/c1-3-8-17(23)21-15(11-5-4-9-13(2)20)18(24)19-22-14-10-6-7-12-16(14)25-19/h6-7,10,12,15,20H,3-5,8-9,11H2,1-2H3,(H,21,23)/t15-/m0/s1. The molecule has 2 rings (SSSR count). The molecule has 1 atom stereocenters. The summed E-state index contributed by atoms with van der Waals surface area (Å²) < 4.78 is 0.976. The minimum Gasteiger partial charge on any atom is -0.346 e. The second-order valence-corrected chi connectivity index (χ2v) is 7.28. The van der Waals surface area contributed by atoms with Crippen molar-refractivity contribution in [3.63, 3.8) is 0 Å². The minimum absolute atomic E-state index is 0.0924. The van der Waals surface area contributed by atoms with E-state index in [4.69, 9.17) is 5.41 Å². The first-order valence-electron chi connectivity index (χ1n) is 8.74. The van der Waals surface area contributed by atoms with E-state index in [-0.39, 0.29) is 11.7 Å². The lowest BCUT2D eigenvalue weighted by atomic mass is 10.0. The van der Waals surface area contributed by atoms with E-state index in [1.165, 1.54) is 11.3 Å². The number of carbonyl (C=O) groups excluding carboxylic acids is 2. The third kappa shape index (κ3) is 5.74. The molecule has 25 heavy (non-hydrogen) atoms. The predicted octanol–water partition coefficient (Wildman–Crippen LogP) is 4.36. The third-order valence-electron chi connectivity index (χ3n) is 3.93. The fourth-order valence-electron chi connectivity index (χ4n) is 2.63. The fraction of sp³-hybridized carbons (Fsp3) is 0.474. The second kappa shape index (κ2) is 9.42. The number of aromatic nitrogens is 1. The van der Waals surface area contributed by atoms with Crippen LogP contribution in [0.5, 0.6) is 0 Å². The Morgan fingerprint density at radius 2 is 2.00 bits per heavy atom. The first-order valence-corrected chi connectivity index (χ1v) is 9.56. The van der Waals surface area contributed by atoms with Crippen LogP contribution in [0.15, 0.2) is 24.3 Å². The van der Waals surface area contributed by atoms with Gasteiger partial charge in [-0.15, -0.1) is 11.3 Å². The van der Waals surface area contributed by atoms with E-state index in [0.717, 1.165) is 35.9 Å². The van der Waals surface area contributed by atoms with E-state index < -0.39 is 6.04 Å². The van der Waals surface area contributed by atoms with Gasteiger partial charge < -0.3 is 10.7 Å². The number of rotatable bonds is 10. The molecule has 1 aromatic carbocycles. The summed E-state index contributed by atoms with van der Waals surface area (Å²) in [7, 11) is 0. The van der Waals surface area contributed by atoms with E-state index in [1.807, 2.05) is 31.2 Å². The molecular weight excluding hydrogens is 334 g/mol. The van der Waals surface area contributed by atoms with Crippen LogP contribution in [0.25, 0.3) is 10.2 Å². The van der Waals surface area contributed by atoms with Gasteiger partial charge in [0.1, 0.15) is 0 Å². The summed E-state index contributed by atoms with van der Waals surface area (Å²) >= 11 is 1.37. The van der Waals surface area contributed by atoms with Crippen molar-refractivity contribution >= 4 is 39.0 Å². The maximum Gasteiger partial charge on any atom is 0.220 e. The quantitative estimate of drug-likeness (QED) is 0.375. The highest BCUT2D eigenvalue weighted by Gasteiger charge is 2.24. The van der Waals surface area contributed by atoms with Crippen LogP contribution in [-0.4, -0.2) is 28.4 Å². The monoisotopic (exact) mass is 359 g/mol. The molecule has 6 heteroatoms. The molecule has 1 amide bonds. The molecule has 2 N–H and O–H groups in total. The molecule has 0 saturated carbocycles. The summed E-state index contributed by atoms with van der Waals surface area (Å²) in [5.41, 5.74) is 1.46. The van der Waals surface area contributed by atoms with Gasteiger partial charge in [-0.2, -0.15) is 0 Å². The van der Waals surface area contributed by atoms with Crippen LogP contribution in [-0.2, 0) is 4.79 Å². The van der Waals surface area contributed by atoms with Gasteiger partial charge >= 0.3 is 0 Å². The number of benzene rings is 1. The molecule has 0 unspecified atom stereocenters. The number of Topliss-reactive ketones (excluding diaryl/α,β-unsaturated/α-hetero) is 1. The number of hydrogen-bond acceptors (Lipinski definition) is 5. The average Bonchev–Trinajstić information content (AvgIpc) is 3.01. The van der Waals surface area contributed by atoms with Crippen LogP contribution in [0.3, 0.4) is 0 Å². The number of thiazole rings is 1. The van der Waals surface area contributed by atoms with Crippen molar-refractivity contribution in [3.05, 3.63) is 29.3 Å². The molecule has 2 aromatic rings. The lowest BCUT2D eigenvalue weighted by Crippen LogP contribution is -2.40. The SMILES string of the molecule is CCCC(=O)N[C@@H](CCCCC(C)=N)C(=O)c1nc2ccccc2s1. The Morgan fingerprint density at radius 3 is 2.68 bits per heavy atom. The van der Waals surface area contributed by atoms with Crippen molar-refractivity contribution in [3.8, 4) is 0 Å². The molecule has 0 aliphatic heterocycles. The molecular formula is C19H25N3O2S.